The van der Waals surface area contributed by atoms with Gasteiger partial charge in [-0.1, -0.05) is 30.3 Å². The molecule has 0 saturated heterocycles. The first-order valence-corrected chi connectivity index (χ1v) is 9.35. The van der Waals surface area contributed by atoms with Crippen LogP contribution in [0.2, 0.25) is 0 Å². The first kappa shape index (κ1) is 18.5. The average molecular weight is 375 g/mol. The molecule has 1 heterocycles. The minimum atomic E-state index is -1.20. The lowest BCUT2D eigenvalue weighted by Gasteiger charge is -2.12. The molecule has 0 bridgehead atoms. The zero-order valence-electron chi connectivity index (χ0n) is 14.4. The molecule has 1 aromatic heterocycles. The average Bonchev–Trinajstić information content (AvgIpc) is 2.73. The summed E-state index contributed by atoms with van der Waals surface area (Å²) in [4.78, 5) is 9.21. The summed E-state index contributed by atoms with van der Waals surface area (Å²) >= 11 is -1.20. The van der Waals surface area contributed by atoms with Gasteiger partial charge in [-0.05, 0) is 42.0 Å². The van der Waals surface area contributed by atoms with E-state index in [-0.39, 0.29) is 0 Å². The van der Waals surface area contributed by atoms with Gasteiger partial charge >= 0.3 is 0 Å². The minimum absolute atomic E-state index is 0.348. The number of benzene rings is 2. The number of guanidine groups is 1. The number of nitrogens with zero attached hydrogens (tertiary/aromatic N) is 3. The highest BCUT2D eigenvalue weighted by molar-refractivity contribution is 7.91. The molecule has 0 fully saturated rings. The number of rotatable bonds is 5. The quantitative estimate of drug-likeness (QED) is 0.309. The van der Waals surface area contributed by atoms with E-state index in [0.717, 1.165) is 21.0 Å². The van der Waals surface area contributed by atoms with Gasteiger partial charge in [0.2, 0.25) is 12.2 Å². The van der Waals surface area contributed by atoms with Crippen LogP contribution in [0.4, 0.5) is 5.69 Å². The summed E-state index contributed by atoms with van der Waals surface area (Å²) in [6, 6.07) is 20.4. The van der Waals surface area contributed by atoms with E-state index in [4.69, 9.17) is 5.26 Å². The molecule has 0 aliphatic rings. The molecule has 3 rings (SSSR count). The van der Waals surface area contributed by atoms with Gasteiger partial charge in [0.25, 0.3) is 0 Å². The molecule has 0 spiro atoms. The van der Waals surface area contributed by atoms with Gasteiger partial charge in [0.1, 0.15) is 0 Å². The summed E-state index contributed by atoms with van der Waals surface area (Å²) in [6.07, 6.45) is 5.08. The highest BCUT2D eigenvalue weighted by atomic mass is 32.2. The second-order valence-electron chi connectivity index (χ2n) is 5.50. The predicted octanol–water partition coefficient (Wildman–Crippen LogP) is 3.29. The molecule has 0 aliphatic carbocycles. The first-order chi connectivity index (χ1) is 13.3. The molecule has 27 heavy (non-hydrogen) atoms. The SMILES string of the molecule is N#CN=C(NCc1ccc([S+]([O-])c2ccccc2)cc1)Nc1ccncc1. The minimum Gasteiger partial charge on any atom is -0.606 e. The van der Waals surface area contributed by atoms with Crippen molar-refractivity contribution in [3.8, 4) is 6.19 Å². The van der Waals surface area contributed by atoms with Gasteiger partial charge in [0.15, 0.2) is 9.79 Å². The van der Waals surface area contributed by atoms with E-state index in [1.807, 2.05) is 54.6 Å². The maximum Gasteiger partial charge on any atom is 0.212 e. The van der Waals surface area contributed by atoms with E-state index in [1.54, 1.807) is 30.7 Å². The third-order valence-corrected chi connectivity index (χ3v) is 5.06. The molecule has 1 unspecified atom stereocenters. The van der Waals surface area contributed by atoms with E-state index in [0.29, 0.717) is 12.5 Å². The maximum atomic E-state index is 12.5. The molecule has 0 saturated carbocycles. The van der Waals surface area contributed by atoms with Crippen LogP contribution in [0.3, 0.4) is 0 Å². The van der Waals surface area contributed by atoms with Crippen molar-refractivity contribution in [3.05, 3.63) is 84.7 Å². The smallest absolute Gasteiger partial charge is 0.212 e. The highest BCUT2D eigenvalue weighted by Crippen LogP contribution is 2.20. The zero-order chi connectivity index (χ0) is 18.9. The Hall–Kier alpha value is -3.34. The Balaban J connectivity index is 1.62. The van der Waals surface area contributed by atoms with E-state index in [2.05, 4.69) is 20.6 Å². The molecule has 0 amide bonds. The standard InChI is InChI=1S/C20H17N5OS/c21-15-24-20(25-17-10-12-22-13-11-17)23-14-16-6-8-19(9-7-16)27(26)18-4-2-1-3-5-18/h1-13H,14H2,(H2,22,23,24,25). The third kappa shape index (κ3) is 5.31. The fourth-order valence-corrected chi connectivity index (χ4v) is 3.39. The molecule has 7 heteroatoms. The number of aromatic nitrogens is 1. The van der Waals surface area contributed by atoms with Crippen LogP contribution in [0.1, 0.15) is 5.56 Å². The van der Waals surface area contributed by atoms with Crippen LogP contribution in [0.25, 0.3) is 0 Å². The normalized spacial score (nSPS) is 12.1. The third-order valence-electron chi connectivity index (χ3n) is 3.66. The lowest BCUT2D eigenvalue weighted by molar-refractivity contribution is 0.595. The van der Waals surface area contributed by atoms with Crippen molar-refractivity contribution in [2.45, 2.75) is 16.3 Å². The van der Waals surface area contributed by atoms with Gasteiger partial charge in [-0.15, -0.1) is 4.99 Å². The van der Waals surface area contributed by atoms with E-state index in [9.17, 15) is 4.55 Å². The largest absolute Gasteiger partial charge is 0.606 e. The second-order valence-corrected chi connectivity index (χ2v) is 6.98. The molecule has 0 aliphatic heterocycles. The van der Waals surface area contributed by atoms with Gasteiger partial charge in [0.05, 0.1) is 0 Å². The number of pyridine rings is 1. The molecule has 1 atom stereocenters. The monoisotopic (exact) mass is 375 g/mol. The predicted molar refractivity (Wildman–Crippen MR) is 105 cm³/mol. The Kier molecular flexibility index (Phi) is 6.41. The molecular formula is C20H17N5OS. The van der Waals surface area contributed by atoms with Crippen molar-refractivity contribution < 1.29 is 4.55 Å². The number of anilines is 1. The van der Waals surface area contributed by atoms with Crippen molar-refractivity contribution in [2.75, 3.05) is 5.32 Å². The molecule has 2 aromatic carbocycles. The van der Waals surface area contributed by atoms with Gasteiger partial charge in [0, 0.05) is 35.8 Å². The van der Waals surface area contributed by atoms with Crippen molar-refractivity contribution in [2.24, 2.45) is 4.99 Å². The summed E-state index contributed by atoms with van der Waals surface area (Å²) in [7, 11) is 0. The summed E-state index contributed by atoms with van der Waals surface area (Å²) in [5.41, 5.74) is 1.76. The van der Waals surface area contributed by atoms with E-state index < -0.39 is 11.2 Å². The summed E-state index contributed by atoms with van der Waals surface area (Å²) in [5.74, 6) is 0.348. The van der Waals surface area contributed by atoms with Crippen molar-refractivity contribution in [1.29, 1.82) is 5.26 Å². The molecular weight excluding hydrogens is 358 g/mol. The van der Waals surface area contributed by atoms with Crippen LogP contribution in [0.15, 0.2) is 93.9 Å². The Morgan fingerprint density at radius 1 is 1.00 bits per heavy atom. The number of hydrogen-bond acceptors (Lipinski definition) is 4. The molecule has 134 valence electrons. The van der Waals surface area contributed by atoms with Crippen LogP contribution in [0, 0.1) is 11.5 Å². The Bertz CT molecular complexity index is 924. The summed E-state index contributed by atoms with van der Waals surface area (Å²) in [6.45, 7) is 0.469. The molecule has 2 N–H and O–H groups in total. The Morgan fingerprint density at radius 3 is 2.33 bits per heavy atom. The van der Waals surface area contributed by atoms with Gasteiger partial charge in [-0.3, -0.25) is 4.98 Å². The first-order valence-electron chi connectivity index (χ1n) is 8.20. The zero-order valence-corrected chi connectivity index (χ0v) is 15.2. The van der Waals surface area contributed by atoms with Gasteiger partial charge < -0.3 is 15.2 Å². The van der Waals surface area contributed by atoms with Crippen molar-refractivity contribution >= 4 is 22.8 Å². The van der Waals surface area contributed by atoms with E-state index in [1.165, 1.54) is 0 Å². The topological polar surface area (TPSA) is 96.2 Å². The molecule has 3 aromatic rings. The van der Waals surface area contributed by atoms with E-state index >= 15 is 0 Å². The number of nitriles is 1. The lowest BCUT2D eigenvalue weighted by atomic mass is 10.2. The fraction of sp³-hybridized carbons (Fsp3) is 0.0500. The van der Waals surface area contributed by atoms with Crippen molar-refractivity contribution in [3.63, 3.8) is 0 Å². The highest BCUT2D eigenvalue weighted by Gasteiger charge is 2.13. The number of nitrogens with one attached hydrogen (secondary N) is 2. The number of aliphatic imine (C=N–C) groups is 1. The fourth-order valence-electron chi connectivity index (χ4n) is 2.33. The Labute approximate surface area is 160 Å². The summed E-state index contributed by atoms with van der Waals surface area (Å²) < 4.78 is 12.5. The lowest BCUT2D eigenvalue weighted by Crippen LogP contribution is -2.30. The van der Waals surface area contributed by atoms with Crippen LogP contribution >= 0.6 is 0 Å². The molecule has 0 radical (unpaired) electrons. The van der Waals surface area contributed by atoms with Crippen LogP contribution in [-0.2, 0) is 17.7 Å². The number of hydrogen-bond donors (Lipinski definition) is 2. The van der Waals surface area contributed by atoms with Crippen LogP contribution in [0.5, 0.6) is 0 Å². The Morgan fingerprint density at radius 2 is 1.67 bits per heavy atom. The second kappa shape index (κ2) is 9.38. The van der Waals surface area contributed by atoms with Gasteiger partial charge in [-0.2, -0.15) is 5.26 Å². The molecule has 6 nitrogen and oxygen atoms in total. The van der Waals surface area contributed by atoms with Crippen LogP contribution in [-0.4, -0.2) is 15.5 Å². The van der Waals surface area contributed by atoms with Gasteiger partial charge in [-0.25, -0.2) is 0 Å². The maximum absolute atomic E-state index is 12.5. The van der Waals surface area contributed by atoms with Crippen molar-refractivity contribution in [1.82, 2.24) is 10.3 Å². The summed E-state index contributed by atoms with van der Waals surface area (Å²) in [5, 5.41) is 15.0. The van der Waals surface area contributed by atoms with Crippen LogP contribution < -0.4 is 10.6 Å².